The van der Waals surface area contributed by atoms with Crippen molar-refractivity contribution in [1.29, 1.82) is 0 Å². The molecule has 0 aliphatic heterocycles. The lowest BCUT2D eigenvalue weighted by Crippen LogP contribution is -2.20. The molecule has 0 unspecified atom stereocenters. The summed E-state index contributed by atoms with van der Waals surface area (Å²) in [5.74, 6) is -2.40. The molecule has 0 fully saturated rings. The standard InChI is InChI=1S/C17H16F2N2O2/c1-10(22)15-6-12(7-20-8-15)5-13-3-4-14(9-21-11(2)23)17(19)16(13)18/h3-4,6-8H,5,9H2,1-2H3,(H,21,23). The summed E-state index contributed by atoms with van der Waals surface area (Å²) in [4.78, 5) is 26.1. The first-order valence-electron chi connectivity index (χ1n) is 7.03. The van der Waals surface area contributed by atoms with Gasteiger partial charge in [0.25, 0.3) is 0 Å². The van der Waals surface area contributed by atoms with Crippen LogP contribution in [0.1, 0.15) is 40.9 Å². The monoisotopic (exact) mass is 318 g/mol. The summed E-state index contributed by atoms with van der Waals surface area (Å²) in [6.45, 7) is 2.65. The van der Waals surface area contributed by atoms with Crippen LogP contribution in [0.5, 0.6) is 0 Å². The van der Waals surface area contributed by atoms with E-state index in [1.807, 2.05) is 0 Å². The molecule has 1 N–H and O–H groups in total. The van der Waals surface area contributed by atoms with Gasteiger partial charge in [-0.05, 0) is 24.1 Å². The molecule has 0 atom stereocenters. The van der Waals surface area contributed by atoms with E-state index in [0.29, 0.717) is 11.1 Å². The SMILES string of the molecule is CC(=O)NCc1ccc(Cc2cncc(C(C)=O)c2)c(F)c1F. The number of amides is 1. The van der Waals surface area contributed by atoms with Crippen molar-refractivity contribution in [2.45, 2.75) is 26.8 Å². The lowest BCUT2D eigenvalue weighted by molar-refractivity contribution is -0.119. The van der Waals surface area contributed by atoms with Gasteiger partial charge < -0.3 is 5.32 Å². The molecule has 23 heavy (non-hydrogen) atoms. The average molecular weight is 318 g/mol. The molecule has 4 nitrogen and oxygen atoms in total. The molecule has 0 spiro atoms. The second-order valence-corrected chi connectivity index (χ2v) is 5.24. The van der Waals surface area contributed by atoms with Crippen LogP contribution in [0.15, 0.2) is 30.6 Å². The van der Waals surface area contributed by atoms with E-state index in [-0.39, 0.29) is 35.8 Å². The highest BCUT2D eigenvalue weighted by Crippen LogP contribution is 2.19. The Morgan fingerprint density at radius 3 is 2.39 bits per heavy atom. The van der Waals surface area contributed by atoms with Crippen LogP contribution in [0.25, 0.3) is 0 Å². The highest BCUT2D eigenvalue weighted by molar-refractivity contribution is 5.93. The Balaban J connectivity index is 2.24. The van der Waals surface area contributed by atoms with Crippen LogP contribution in [0.2, 0.25) is 0 Å². The molecule has 0 bridgehead atoms. The fourth-order valence-corrected chi connectivity index (χ4v) is 2.12. The number of ketones is 1. The normalized spacial score (nSPS) is 10.4. The van der Waals surface area contributed by atoms with Gasteiger partial charge in [-0.2, -0.15) is 0 Å². The van der Waals surface area contributed by atoms with Crippen molar-refractivity contribution in [3.8, 4) is 0 Å². The average Bonchev–Trinajstić information content (AvgIpc) is 2.51. The maximum absolute atomic E-state index is 14.2. The number of Topliss-reactive ketones (excluding diaryl/α,β-unsaturated/α-hetero) is 1. The second-order valence-electron chi connectivity index (χ2n) is 5.24. The molecule has 2 rings (SSSR count). The molecule has 120 valence electrons. The van der Waals surface area contributed by atoms with Gasteiger partial charge in [0.2, 0.25) is 5.91 Å². The first-order valence-corrected chi connectivity index (χ1v) is 7.03. The van der Waals surface area contributed by atoms with Crippen LogP contribution < -0.4 is 5.32 Å². The number of carbonyl (C=O) groups excluding carboxylic acids is 2. The summed E-state index contributed by atoms with van der Waals surface area (Å²) in [5.41, 5.74) is 1.28. The zero-order chi connectivity index (χ0) is 17.0. The number of rotatable bonds is 5. The number of benzene rings is 1. The molecule has 1 aromatic carbocycles. The van der Waals surface area contributed by atoms with Crippen molar-refractivity contribution in [2.75, 3.05) is 0 Å². The third kappa shape index (κ3) is 4.18. The fraction of sp³-hybridized carbons (Fsp3) is 0.235. The number of nitrogens with zero attached hydrogens (tertiary/aromatic N) is 1. The van der Waals surface area contributed by atoms with Crippen LogP contribution >= 0.6 is 0 Å². The number of pyridine rings is 1. The third-order valence-corrected chi connectivity index (χ3v) is 3.37. The molecule has 0 saturated heterocycles. The van der Waals surface area contributed by atoms with E-state index in [0.717, 1.165) is 0 Å². The van der Waals surface area contributed by atoms with Gasteiger partial charge in [0, 0.05) is 43.4 Å². The Morgan fingerprint density at radius 1 is 1.09 bits per heavy atom. The molecular weight excluding hydrogens is 302 g/mol. The zero-order valence-electron chi connectivity index (χ0n) is 12.8. The van der Waals surface area contributed by atoms with Gasteiger partial charge in [-0.25, -0.2) is 8.78 Å². The van der Waals surface area contributed by atoms with Crippen molar-refractivity contribution in [1.82, 2.24) is 10.3 Å². The van der Waals surface area contributed by atoms with E-state index < -0.39 is 11.6 Å². The van der Waals surface area contributed by atoms with Gasteiger partial charge >= 0.3 is 0 Å². The Morgan fingerprint density at radius 2 is 1.74 bits per heavy atom. The minimum atomic E-state index is -0.980. The smallest absolute Gasteiger partial charge is 0.217 e. The topological polar surface area (TPSA) is 59.1 Å². The molecule has 0 saturated carbocycles. The second kappa shape index (κ2) is 7.09. The summed E-state index contributed by atoms with van der Waals surface area (Å²) in [6, 6.07) is 4.51. The molecule has 2 aromatic rings. The van der Waals surface area contributed by atoms with Crippen LogP contribution in [-0.4, -0.2) is 16.7 Å². The lowest BCUT2D eigenvalue weighted by Gasteiger charge is -2.09. The first-order chi connectivity index (χ1) is 10.9. The van der Waals surface area contributed by atoms with E-state index >= 15 is 0 Å². The predicted molar refractivity (Wildman–Crippen MR) is 80.9 cm³/mol. The van der Waals surface area contributed by atoms with Crippen molar-refractivity contribution in [3.05, 3.63) is 64.5 Å². The number of hydrogen-bond donors (Lipinski definition) is 1. The van der Waals surface area contributed by atoms with Crippen LogP contribution in [-0.2, 0) is 17.8 Å². The van der Waals surface area contributed by atoms with E-state index in [2.05, 4.69) is 10.3 Å². The number of aromatic nitrogens is 1. The largest absolute Gasteiger partial charge is 0.352 e. The van der Waals surface area contributed by atoms with Crippen molar-refractivity contribution in [3.63, 3.8) is 0 Å². The first kappa shape index (κ1) is 16.7. The van der Waals surface area contributed by atoms with E-state index in [1.54, 1.807) is 6.07 Å². The maximum atomic E-state index is 14.2. The van der Waals surface area contributed by atoms with Crippen LogP contribution in [0.3, 0.4) is 0 Å². The molecule has 6 heteroatoms. The minimum Gasteiger partial charge on any atom is -0.352 e. The molecule has 0 radical (unpaired) electrons. The van der Waals surface area contributed by atoms with Crippen molar-refractivity contribution in [2.24, 2.45) is 0 Å². The molecule has 0 aliphatic rings. The maximum Gasteiger partial charge on any atom is 0.217 e. The van der Waals surface area contributed by atoms with Gasteiger partial charge in [-0.1, -0.05) is 12.1 Å². The molecular formula is C17H16F2N2O2. The summed E-state index contributed by atoms with van der Waals surface area (Å²) in [6.07, 6.45) is 3.06. The van der Waals surface area contributed by atoms with Crippen LogP contribution in [0.4, 0.5) is 8.78 Å². The van der Waals surface area contributed by atoms with Crippen molar-refractivity contribution >= 4 is 11.7 Å². The molecule has 0 aliphatic carbocycles. The number of halogens is 2. The number of hydrogen-bond acceptors (Lipinski definition) is 3. The van der Waals surface area contributed by atoms with E-state index in [9.17, 15) is 18.4 Å². The highest BCUT2D eigenvalue weighted by atomic mass is 19.2. The van der Waals surface area contributed by atoms with Gasteiger partial charge in [0.05, 0.1) is 0 Å². The molecule has 1 amide bonds. The Hall–Kier alpha value is -2.63. The van der Waals surface area contributed by atoms with Crippen molar-refractivity contribution < 1.29 is 18.4 Å². The Labute approximate surface area is 132 Å². The van der Waals surface area contributed by atoms with Gasteiger partial charge in [0.15, 0.2) is 17.4 Å². The highest BCUT2D eigenvalue weighted by Gasteiger charge is 2.14. The van der Waals surface area contributed by atoms with E-state index in [4.69, 9.17) is 0 Å². The zero-order valence-corrected chi connectivity index (χ0v) is 12.8. The fourth-order valence-electron chi connectivity index (χ4n) is 2.12. The third-order valence-electron chi connectivity index (χ3n) is 3.37. The molecule has 1 aromatic heterocycles. The molecule has 1 heterocycles. The van der Waals surface area contributed by atoms with Gasteiger partial charge in [-0.3, -0.25) is 14.6 Å². The number of carbonyl (C=O) groups is 2. The van der Waals surface area contributed by atoms with Gasteiger partial charge in [0.1, 0.15) is 0 Å². The summed E-state index contributed by atoms with van der Waals surface area (Å²) in [7, 11) is 0. The van der Waals surface area contributed by atoms with Gasteiger partial charge in [-0.15, -0.1) is 0 Å². The Bertz CT molecular complexity index is 760. The summed E-state index contributed by atoms with van der Waals surface area (Å²) >= 11 is 0. The minimum absolute atomic E-state index is 0.0697. The summed E-state index contributed by atoms with van der Waals surface area (Å²) < 4.78 is 28.2. The van der Waals surface area contributed by atoms with E-state index in [1.165, 1.54) is 38.4 Å². The Kier molecular flexibility index (Phi) is 5.16. The quantitative estimate of drug-likeness (QED) is 0.863. The van der Waals surface area contributed by atoms with Crippen LogP contribution in [0, 0.1) is 11.6 Å². The summed E-state index contributed by atoms with van der Waals surface area (Å²) in [5, 5.41) is 2.43. The lowest BCUT2D eigenvalue weighted by atomic mass is 10.0. The predicted octanol–water partition coefficient (Wildman–Crippen LogP) is 2.79. The number of nitrogens with one attached hydrogen (secondary N) is 1.